The summed E-state index contributed by atoms with van der Waals surface area (Å²) in [5.74, 6) is 0.706. The molecule has 2 aromatic rings. The van der Waals surface area contributed by atoms with Gasteiger partial charge in [0.05, 0.1) is 24.3 Å². The van der Waals surface area contributed by atoms with Crippen molar-refractivity contribution in [2.24, 2.45) is 11.7 Å². The molecule has 0 amide bonds. The van der Waals surface area contributed by atoms with Crippen molar-refractivity contribution in [3.8, 4) is 5.88 Å². The molecule has 1 fully saturated rings. The first-order chi connectivity index (χ1) is 11.1. The topological polar surface area (TPSA) is 64.3 Å². The predicted octanol–water partition coefficient (Wildman–Crippen LogP) is 1.99. The lowest BCUT2D eigenvalue weighted by Crippen LogP contribution is -2.30. The van der Waals surface area contributed by atoms with Crippen LogP contribution in [-0.2, 0) is 6.42 Å². The minimum absolute atomic E-state index is 0.212. The smallest absolute Gasteiger partial charge is 0.213 e. The van der Waals surface area contributed by atoms with Gasteiger partial charge in [-0.1, -0.05) is 0 Å². The lowest BCUT2D eigenvalue weighted by Gasteiger charge is -2.18. The molecule has 1 saturated heterocycles. The number of likely N-dealkylation sites (tertiary alicyclic amines) is 1. The van der Waals surface area contributed by atoms with Crippen LogP contribution in [0.15, 0.2) is 18.3 Å². The van der Waals surface area contributed by atoms with Gasteiger partial charge >= 0.3 is 0 Å². The van der Waals surface area contributed by atoms with Gasteiger partial charge in [-0.2, -0.15) is 0 Å². The number of hydrogen-bond donors (Lipinski definition) is 1. The summed E-state index contributed by atoms with van der Waals surface area (Å²) in [6, 6.07) is 3.76. The number of methoxy groups -OCH3 is 1. The van der Waals surface area contributed by atoms with Crippen LogP contribution in [0.1, 0.15) is 18.9 Å². The molecule has 23 heavy (non-hydrogen) atoms. The molecule has 2 atom stereocenters. The van der Waals surface area contributed by atoms with Gasteiger partial charge in [-0.05, 0) is 38.3 Å². The zero-order valence-electron chi connectivity index (χ0n) is 13.6. The first-order valence-electron chi connectivity index (χ1n) is 8.04. The molecule has 124 valence electrons. The lowest BCUT2D eigenvalue weighted by molar-refractivity contribution is 0.318. The second kappa shape index (κ2) is 6.76. The van der Waals surface area contributed by atoms with Crippen molar-refractivity contribution in [3.05, 3.63) is 29.7 Å². The Kier molecular flexibility index (Phi) is 4.73. The van der Waals surface area contributed by atoms with E-state index in [2.05, 4.69) is 21.8 Å². The summed E-state index contributed by atoms with van der Waals surface area (Å²) in [6.07, 6.45) is 3.00. The number of ether oxygens (including phenoxy) is 1. The molecule has 0 aromatic carbocycles. The van der Waals surface area contributed by atoms with Crippen molar-refractivity contribution in [2.75, 3.05) is 26.7 Å². The number of rotatable bonds is 5. The van der Waals surface area contributed by atoms with Crippen LogP contribution in [0.2, 0.25) is 0 Å². The molecule has 5 nitrogen and oxygen atoms in total. The third-order valence-electron chi connectivity index (χ3n) is 4.68. The number of fused-ring (bicyclic) bond motifs is 1. The molecule has 3 heterocycles. The number of nitrogens with zero attached hydrogens (tertiary/aromatic N) is 3. The fraction of sp³-hybridized carbons (Fsp3) is 0.529. The van der Waals surface area contributed by atoms with Crippen molar-refractivity contribution in [1.82, 2.24) is 14.9 Å². The van der Waals surface area contributed by atoms with E-state index in [1.165, 1.54) is 6.20 Å². The van der Waals surface area contributed by atoms with Crippen LogP contribution in [0.5, 0.6) is 5.88 Å². The molecule has 0 saturated carbocycles. The number of pyridine rings is 2. The first kappa shape index (κ1) is 16.1. The van der Waals surface area contributed by atoms with Gasteiger partial charge in [0.15, 0.2) is 0 Å². The summed E-state index contributed by atoms with van der Waals surface area (Å²) in [5.41, 5.74) is 7.87. The predicted molar refractivity (Wildman–Crippen MR) is 87.9 cm³/mol. The number of halogens is 1. The zero-order valence-corrected chi connectivity index (χ0v) is 13.6. The number of hydrogen-bond acceptors (Lipinski definition) is 5. The van der Waals surface area contributed by atoms with Gasteiger partial charge in [0.2, 0.25) is 5.88 Å². The van der Waals surface area contributed by atoms with Crippen molar-refractivity contribution >= 4 is 11.0 Å². The van der Waals surface area contributed by atoms with Crippen molar-refractivity contribution in [3.63, 3.8) is 0 Å². The Hall–Kier alpha value is -1.79. The van der Waals surface area contributed by atoms with Gasteiger partial charge in [0.25, 0.3) is 0 Å². The molecule has 2 aromatic heterocycles. The summed E-state index contributed by atoms with van der Waals surface area (Å²) in [7, 11) is 1.55. The molecule has 0 spiro atoms. The van der Waals surface area contributed by atoms with E-state index in [4.69, 9.17) is 10.5 Å². The summed E-state index contributed by atoms with van der Waals surface area (Å²) in [4.78, 5) is 10.8. The number of nitrogens with two attached hydrogens (primary N) is 1. The molecule has 2 N–H and O–H groups in total. The Morgan fingerprint density at radius 1 is 1.48 bits per heavy atom. The summed E-state index contributed by atoms with van der Waals surface area (Å²) < 4.78 is 19.4. The van der Waals surface area contributed by atoms with Crippen LogP contribution >= 0.6 is 0 Å². The molecular weight excluding hydrogens is 295 g/mol. The van der Waals surface area contributed by atoms with Gasteiger partial charge in [0.1, 0.15) is 5.82 Å². The van der Waals surface area contributed by atoms with Gasteiger partial charge in [-0.15, -0.1) is 0 Å². The van der Waals surface area contributed by atoms with Crippen molar-refractivity contribution in [2.45, 2.75) is 25.8 Å². The van der Waals surface area contributed by atoms with Gasteiger partial charge in [0, 0.05) is 30.8 Å². The normalized spacial score (nSPS) is 20.1. The van der Waals surface area contributed by atoms with E-state index in [0.29, 0.717) is 34.8 Å². The minimum Gasteiger partial charge on any atom is -0.481 e. The second-order valence-corrected chi connectivity index (χ2v) is 6.26. The second-order valence-electron chi connectivity index (χ2n) is 6.26. The maximum absolute atomic E-state index is 14.3. The molecule has 1 aliphatic rings. The largest absolute Gasteiger partial charge is 0.481 e. The van der Waals surface area contributed by atoms with Crippen molar-refractivity contribution < 1.29 is 9.13 Å². The van der Waals surface area contributed by atoms with Crippen LogP contribution in [-0.4, -0.2) is 47.7 Å². The maximum atomic E-state index is 14.3. The Labute approximate surface area is 135 Å². The van der Waals surface area contributed by atoms with E-state index in [-0.39, 0.29) is 11.9 Å². The van der Waals surface area contributed by atoms with Crippen molar-refractivity contribution in [1.29, 1.82) is 0 Å². The highest BCUT2D eigenvalue weighted by atomic mass is 19.1. The van der Waals surface area contributed by atoms with Gasteiger partial charge in [-0.25, -0.2) is 9.37 Å². The maximum Gasteiger partial charge on any atom is 0.213 e. The molecular formula is C17H23FN4O. The average Bonchev–Trinajstić information content (AvgIpc) is 3.02. The molecule has 1 unspecified atom stereocenters. The summed E-state index contributed by atoms with van der Waals surface area (Å²) >= 11 is 0. The molecule has 0 aliphatic carbocycles. The quantitative estimate of drug-likeness (QED) is 0.913. The van der Waals surface area contributed by atoms with E-state index < -0.39 is 0 Å². The summed E-state index contributed by atoms with van der Waals surface area (Å²) in [6.45, 7) is 4.87. The molecule has 0 bridgehead atoms. The molecule has 1 aliphatic heterocycles. The van der Waals surface area contributed by atoms with Crippen LogP contribution < -0.4 is 10.5 Å². The highest BCUT2D eigenvalue weighted by Gasteiger charge is 2.25. The molecule has 6 heteroatoms. The van der Waals surface area contributed by atoms with Crippen LogP contribution in [0, 0.1) is 11.7 Å². The lowest BCUT2D eigenvalue weighted by atomic mass is 10.0. The Morgan fingerprint density at radius 2 is 2.30 bits per heavy atom. The fourth-order valence-corrected chi connectivity index (χ4v) is 3.19. The van der Waals surface area contributed by atoms with E-state index in [1.807, 2.05) is 6.07 Å². The van der Waals surface area contributed by atoms with Gasteiger partial charge < -0.3 is 15.4 Å². The highest BCUT2D eigenvalue weighted by molar-refractivity contribution is 5.78. The Bertz CT molecular complexity index is 692. The van der Waals surface area contributed by atoms with E-state index in [1.54, 1.807) is 13.2 Å². The van der Waals surface area contributed by atoms with Gasteiger partial charge in [-0.3, -0.25) is 4.98 Å². The van der Waals surface area contributed by atoms with Crippen LogP contribution in [0.25, 0.3) is 11.0 Å². The first-order valence-corrected chi connectivity index (χ1v) is 8.04. The fourth-order valence-electron chi connectivity index (χ4n) is 3.19. The SMILES string of the molecule is COc1ccc2ncc(F)c(CCN3CC[C@@H](C(C)N)C3)c2n1. The van der Waals surface area contributed by atoms with Crippen LogP contribution in [0.4, 0.5) is 4.39 Å². The standard InChI is InChI=1S/C17H23FN4O/c1-11(19)12-5-7-22(10-12)8-6-13-14(18)9-20-15-3-4-16(23-2)21-17(13)15/h3-4,9,11-12H,5-8,10,19H2,1-2H3/t11?,12-/m1/s1. The zero-order chi connectivity index (χ0) is 16.4. The third kappa shape index (κ3) is 3.43. The molecule has 3 rings (SSSR count). The Morgan fingerprint density at radius 3 is 3.00 bits per heavy atom. The molecule has 0 radical (unpaired) electrons. The minimum atomic E-state index is -0.304. The summed E-state index contributed by atoms with van der Waals surface area (Å²) in [5, 5.41) is 0. The number of aromatic nitrogens is 2. The van der Waals surface area contributed by atoms with Crippen LogP contribution in [0.3, 0.4) is 0 Å². The average molecular weight is 318 g/mol. The highest BCUT2D eigenvalue weighted by Crippen LogP contribution is 2.23. The van der Waals surface area contributed by atoms with E-state index in [0.717, 1.165) is 26.1 Å². The van der Waals surface area contributed by atoms with E-state index in [9.17, 15) is 4.39 Å². The Balaban J connectivity index is 1.78. The third-order valence-corrected chi connectivity index (χ3v) is 4.68. The monoisotopic (exact) mass is 318 g/mol. The van der Waals surface area contributed by atoms with E-state index >= 15 is 0 Å².